The summed E-state index contributed by atoms with van der Waals surface area (Å²) in [5.41, 5.74) is 0. The van der Waals surface area contributed by atoms with E-state index < -0.39 is 0 Å². The molecule has 1 saturated heterocycles. The Morgan fingerprint density at radius 1 is 1.29 bits per heavy atom. The first-order valence-corrected chi connectivity index (χ1v) is 10.3. The Hall–Kier alpha value is -1.07. The molecule has 0 unspecified atom stereocenters. The van der Waals surface area contributed by atoms with Crippen molar-refractivity contribution in [2.24, 2.45) is 16.8 Å². The van der Waals surface area contributed by atoms with E-state index in [9.17, 15) is 0 Å². The summed E-state index contributed by atoms with van der Waals surface area (Å²) in [4.78, 5) is 8.43. The van der Waals surface area contributed by atoms with Gasteiger partial charge in [0.1, 0.15) is 0 Å². The number of hydrogen-bond acceptors (Lipinski definition) is 3. The maximum Gasteiger partial charge on any atom is 0.190 e. The third kappa shape index (κ3) is 6.44. The van der Waals surface area contributed by atoms with Gasteiger partial charge in [0, 0.05) is 31.6 Å². The number of guanidine groups is 1. The molecule has 2 heterocycles. The molecule has 1 aromatic heterocycles. The van der Waals surface area contributed by atoms with Crippen LogP contribution in [0.3, 0.4) is 0 Å². The summed E-state index contributed by atoms with van der Waals surface area (Å²) in [6.45, 7) is 10.1. The average Bonchev–Trinajstić information content (AvgIpc) is 3.12. The standard InChI is InChI=1S/C19H34N4S/c1-4-16(5-2)13-21-19(20-3)22-14-17-8-10-23(11-9-17)15-18-7-6-12-24-18/h6-7,12,16-17H,4-5,8-11,13-15H2,1-3H3,(H2,20,21,22). The lowest BCUT2D eigenvalue weighted by atomic mass is 9.97. The first-order chi connectivity index (χ1) is 11.7. The van der Waals surface area contributed by atoms with Crippen LogP contribution in [0.5, 0.6) is 0 Å². The van der Waals surface area contributed by atoms with E-state index in [0.29, 0.717) is 0 Å². The lowest BCUT2D eigenvalue weighted by molar-refractivity contribution is 0.179. The van der Waals surface area contributed by atoms with Crippen LogP contribution in [-0.2, 0) is 6.54 Å². The van der Waals surface area contributed by atoms with Crippen LogP contribution in [0.15, 0.2) is 22.5 Å². The normalized spacial score (nSPS) is 17.4. The van der Waals surface area contributed by atoms with Crippen molar-refractivity contribution in [2.45, 2.75) is 46.1 Å². The molecule has 2 rings (SSSR count). The number of nitrogens with zero attached hydrogens (tertiary/aromatic N) is 2. The van der Waals surface area contributed by atoms with Crippen molar-refractivity contribution < 1.29 is 0 Å². The lowest BCUT2D eigenvalue weighted by Crippen LogP contribution is -2.43. The van der Waals surface area contributed by atoms with Crippen molar-refractivity contribution in [1.82, 2.24) is 15.5 Å². The Labute approximate surface area is 151 Å². The minimum absolute atomic E-state index is 0.740. The van der Waals surface area contributed by atoms with Gasteiger partial charge in [-0.15, -0.1) is 11.3 Å². The van der Waals surface area contributed by atoms with Gasteiger partial charge in [0.15, 0.2) is 5.96 Å². The SMILES string of the molecule is CCC(CC)CNC(=NC)NCC1CCN(Cc2cccs2)CC1. The molecule has 136 valence electrons. The number of thiophene rings is 1. The van der Waals surface area contributed by atoms with Crippen molar-refractivity contribution in [3.63, 3.8) is 0 Å². The molecule has 1 aromatic rings. The van der Waals surface area contributed by atoms with E-state index in [1.807, 2.05) is 18.4 Å². The Kier molecular flexibility index (Phi) is 8.60. The average molecular weight is 351 g/mol. The van der Waals surface area contributed by atoms with Crippen molar-refractivity contribution in [1.29, 1.82) is 0 Å². The fourth-order valence-corrected chi connectivity index (χ4v) is 4.00. The van der Waals surface area contributed by atoms with Gasteiger partial charge >= 0.3 is 0 Å². The van der Waals surface area contributed by atoms with Gasteiger partial charge in [-0.2, -0.15) is 0 Å². The van der Waals surface area contributed by atoms with Crippen LogP contribution in [0.25, 0.3) is 0 Å². The largest absolute Gasteiger partial charge is 0.356 e. The zero-order chi connectivity index (χ0) is 17.2. The second-order valence-electron chi connectivity index (χ2n) is 6.82. The minimum atomic E-state index is 0.740. The fourth-order valence-electron chi connectivity index (χ4n) is 3.25. The highest BCUT2D eigenvalue weighted by Gasteiger charge is 2.19. The molecule has 24 heavy (non-hydrogen) atoms. The number of likely N-dealkylation sites (tertiary alicyclic amines) is 1. The summed E-state index contributed by atoms with van der Waals surface area (Å²) in [5, 5.41) is 9.18. The van der Waals surface area contributed by atoms with Crippen molar-refractivity contribution in [3.05, 3.63) is 22.4 Å². The number of aliphatic imine (C=N–C) groups is 1. The van der Waals surface area contributed by atoms with Gasteiger partial charge < -0.3 is 10.6 Å². The molecule has 1 fully saturated rings. The van der Waals surface area contributed by atoms with Gasteiger partial charge in [-0.3, -0.25) is 9.89 Å². The Balaban J connectivity index is 1.64. The summed E-state index contributed by atoms with van der Waals surface area (Å²) in [6.07, 6.45) is 5.01. The van der Waals surface area contributed by atoms with Crippen molar-refractivity contribution in [2.75, 3.05) is 33.2 Å². The van der Waals surface area contributed by atoms with Crippen LogP contribution < -0.4 is 10.6 Å². The Bertz CT molecular complexity index is 460. The summed E-state index contributed by atoms with van der Waals surface area (Å²) in [5.74, 6) is 2.46. The zero-order valence-corrected chi connectivity index (χ0v) is 16.4. The smallest absolute Gasteiger partial charge is 0.190 e. The van der Waals surface area contributed by atoms with Crippen LogP contribution in [-0.4, -0.2) is 44.1 Å². The molecule has 0 saturated carbocycles. The molecule has 0 aliphatic carbocycles. The maximum atomic E-state index is 4.36. The Morgan fingerprint density at radius 3 is 2.62 bits per heavy atom. The summed E-state index contributed by atoms with van der Waals surface area (Å²) >= 11 is 1.87. The van der Waals surface area contributed by atoms with E-state index in [-0.39, 0.29) is 0 Å². The lowest BCUT2D eigenvalue weighted by Gasteiger charge is -2.32. The molecule has 0 spiro atoms. The highest BCUT2D eigenvalue weighted by molar-refractivity contribution is 7.09. The van der Waals surface area contributed by atoms with Gasteiger partial charge in [-0.1, -0.05) is 32.8 Å². The third-order valence-electron chi connectivity index (χ3n) is 5.16. The van der Waals surface area contributed by atoms with E-state index >= 15 is 0 Å². The van der Waals surface area contributed by atoms with E-state index in [1.165, 1.54) is 43.6 Å². The van der Waals surface area contributed by atoms with Gasteiger partial charge in [-0.05, 0) is 49.2 Å². The molecule has 0 amide bonds. The first kappa shape index (κ1) is 19.3. The second kappa shape index (κ2) is 10.7. The van der Waals surface area contributed by atoms with Gasteiger partial charge in [0.2, 0.25) is 0 Å². The molecule has 0 atom stereocenters. The Morgan fingerprint density at radius 2 is 2.04 bits per heavy atom. The monoisotopic (exact) mass is 350 g/mol. The van der Waals surface area contributed by atoms with Gasteiger partial charge in [0.05, 0.1) is 0 Å². The molecule has 5 heteroatoms. The van der Waals surface area contributed by atoms with Crippen LogP contribution in [0.4, 0.5) is 0 Å². The summed E-state index contributed by atoms with van der Waals surface area (Å²) in [6, 6.07) is 4.39. The number of piperidine rings is 1. The number of hydrogen-bond donors (Lipinski definition) is 2. The van der Waals surface area contributed by atoms with Crippen LogP contribution in [0, 0.1) is 11.8 Å². The topological polar surface area (TPSA) is 39.7 Å². The quantitative estimate of drug-likeness (QED) is 0.556. The van der Waals surface area contributed by atoms with E-state index in [4.69, 9.17) is 0 Å². The van der Waals surface area contributed by atoms with E-state index in [1.54, 1.807) is 0 Å². The second-order valence-corrected chi connectivity index (χ2v) is 7.85. The highest BCUT2D eigenvalue weighted by Crippen LogP contribution is 2.20. The molecule has 1 aliphatic heterocycles. The minimum Gasteiger partial charge on any atom is -0.356 e. The number of nitrogens with one attached hydrogen (secondary N) is 2. The predicted octanol–water partition coefficient (Wildman–Crippen LogP) is 3.56. The highest BCUT2D eigenvalue weighted by atomic mass is 32.1. The zero-order valence-electron chi connectivity index (χ0n) is 15.6. The van der Waals surface area contributed by atoms with Crippen LogP contribution >= 0.6 is 11.3 Å². The molecule has 0 aromatic carbocycles. The molecule has 4 nitrogen and oxygen atoms in total. The van der Waals surface area contributed by atoms with Gasteiger partial charge in [0.25, 0.3) is 0 Å². The molecular formula is C19H34N4S. The molecule has 1 aliphatic rings. The third-order valence-corrected chi connectivity index (χ3v) is 6.02. The first-order valence-electron chi connectivity index (χ1n) is 9.44. The molecule has 0 radical (unpaired) electrons. The van der Waals surface area contributed by atoms with Gasteiger partial charge in [-0.25, -0.2) is 0 Å². The predicted molar refractivity (Wildman–Crippen MR) is 106 cm³/mol. The van der Waals surface area contributed by atoms with E-state index in [0.717, 1.165) is 37.4 Å². The fraction of sp³-hybridized carbons (Fsp3) is 0.737. The van der Waals surface area contributed by atoms with Crippen LogP contribution in [0.2, 0.25) is 0 Å². The maximum absolute atomic E-state index is 4.36. The number of rotatable bonds is 8. The van der Waals surface area contributed by atoms with Crippen molar-refractivity contribution in [3.8, 4) is 0 Å². The summed E-state index contributed by atoms with van der Waals surface area (Å²) < 4.78 is 0. The van der Waals surface area contributed by atoms with E-state index in [2.05, 4.69) is 51.9 Å². The molecule has 0 bridgehead atoms. The molecular weight excluding hydrogens is 316 g/mol. The van der Waals surface area contributed by atoms with Crippen molar-refractivity contribution >= 4 is 17.3 Å². The van der Waals surface area contributed by atoms with Crippen LogP contribution in [0.1, 0.15) is 44.4 Å². The summed E-state index contributed by atoms with van der Waals surface area (Å²) in [7, 11) is 1.87. The molecule has 2 N–H and O–H groups in total.